The zero-order valence-corrected chi connectivity index (χ0v) is 17.1. The number of alkyl halides is 3. The minimum Gasteiger partial charge on any atom is -0.465 e. The van der Waals surface area contributed by atoms with Gasteiger partial charge >= 0.3 is 12.1 Å². The monoisotopic (exact) mass is 494 g/mol. The van der Waals surface area contributed by atoms with Gasteiger partial charge in [0.1, 0.15) is 11.4 Å². The number of carbonyl (C=O) groups is 2. The summed E-state index contributed by atoms with van der Waals surface area (Å²) in [6.07, 6.45) is -4.58. The molecule has 7 nitrogen and oxygen atoms in total. The van der Waals surface area contributed by atoms with Crippen LogP contribution in [0.1, 0.15) is 20.7 Å². The number of anilines is 1. The van der Waals surface area contributed by atoms with Gasteiger partial charge in [-0.05, 0) is 36.4 Å². The molecule has 2 aromatic rings. The van der Waals surface area contributed by atoms with Crippen molar-refractivity contribution in [3.63, 3.8) is 0 Å². The van der Waals surface area contributed by atoms with E-state index in [1.807, 2.05) is 0 Å². The molecule has 0 aliphatic carbocycles. The molecule has 2 rings (SSSR count). The molecular weight excluding hydrogens is 481 g/mol. The van der Waals surface area contributed by atoms with E-state index < -0.39 is 34.6 Å². The van der Waals surface area contributed by atoms with Crippen molar-refractivity contribution in [1.29, 1.82) is 0 Å². The Morgan fingerprint density at radius 2 is 1.83 bits per heavy atom. The molecule has 0 aliphatic heterocycles. The van der Waals surface area contributed by atoms with Crippen molar-refractivity contribution in [2.24, 2.45) is 0 Å². The summed E-state index contributed by atoms with van der Waals surface area (Å²) in [7, 11) is -3.18. The van der Waals surface area contributed by atoms with Crippen LogP contribution in [-0.2, 0) is 14.8 Å². The molecule has 12 heteroatoms. The second kappa shape index (κ2) is 8.82. The first-order valence-electron chi connectivity index (χ1n) is 7.78. The molecular formula is C17H14BrF3N2O5S. The molecule has 0 bridgehead atoms. The zero-order chi connectivity index (χ0) is 21.8. The number of esters is 1. The number of benzene rings is 2. The van der Waals surface area contributed by atoms with Crippen molar-refractivity contribution in [2.75, 3.05) is 18.4 Å². The molecule has 1 amide bonds. The van der Waals surface area contributed by atoms with Crippen LogP contribution in [0.25, 0.3) is 0 Å². The Bertz CT molecular complexity index is 1040. The minimum absolute atomic E-state index is 0.0802. The van der Waals surface area contributed by atoms with Crippen LogP contribution in [-0.4, -0.2) is 40.1 Å². The highest BCUT2D eigenvalue weighted by atomic mass is 79.9. The summed E-state index contributed by atoms with van der Waals surface area (Å²) in [5, 5.41) is 1.69. The molecule has 0 unspecified atom stereocenters. The number of methoxy groups -OCH3 is 1. The van der Waals surface area contributed by atoms with Crippen LogP contribution in [0.15, 0.2) is 51.8 Å². The van der Waals surface area contributed by atoms with E-state index in [9.17, 15) is 31.2 Å². The number of amides is 1. The molecule has 0 spiro atoms. The fourth-order valence-electron chi connectivity index (χ4n) is 2.22. The van der Waals surface area contributed by atoms with E-state index in [1.165, 1.54) is 36.4 Å². The van der Waals surface area contributed by atoms with E-state index >= 15 is 0 Å². The number of sulfonamides is 1. The SMILES string of the molecule is COC(=O)c1cc(Br)ccc1S(=O)(=O)Nc1cccc(C(=O)NCC(F)(F)F)c1. The van der Waals surface area contributed by atoms with Gasteiger partial charge in [0.25, 0.3) is 15.9 Å². The molecule has 156 valence electrons. The van der Waals surface area contributed by atoms with Gasteiger partial charge in [0.05, 0.1) is 12.7 Å². The van der Waals surface area contributed by atoms with E-state index in [0.29, 0.717) is 4.47 Å². The molecule has 2 aromatic carbocycles. The number of halogens is 4. The lowest BCUT2D eigenvalue weighted by molar-refractivity contribution is -0.123. The van der Waals surface area contributed by atoms with Gasteiger partial charge in [-0.2, -0.15) is 13.2 Å². The maximum absolute atomic E-state index is 12.7. The topological polar surface area (TPSA) is 102 Å². The lowest BCUT2D eigenvalue weighted by atomic mass is 10.2. The number of hydrogen-bond acceptors (Lipinski definition) is 5. The Labute approximate surface area is 172 Å². The summed E-state index contributed by atoms with van der Waals surface area (Å²) in [5.74, 6) is -1.91. The number of hydrogen-bond donors (Lipinski definition) is 2. The molecule has 0 aliphatic rings. The number of ether oxygens (including phenoxy) is 1. The van der Waals surface area contributed by atoms with Gasteiger partial charge in [0.2, 0.25) is 0 Å². The van der Waals surface area contributed by atoms with Crippen LogP contribution in [0.3, 0.4) is 0 Å². The predicted octanol–water partition coefficient (Wildman–Crippen LogP) is 3.33. The fourth-order valence-corrected chi connectivity index (χ4v) is 3.81. The lowest BCUT2D eigenvalue weighted by Crippen LogP contribution is -2.33. The van der Waals surface area contributed by atoms with Gasteiger partial charge in [-0.3, -0.25) is 9.52 Å². The largest absolute Gasteiger partial charge is 0.465 e. The Hall–Kier alpha value is -2.60. The Morgan fingerprint density at radius 1 is 1.14 bits per heavy atom. The van der Waals surface area contributed by atoms with Gasteiger partial charge in [0, 0.05) is 15.7 Å². The summed E-state index contributed by atoms with van der Waals surface area (Å²) in [6.45, 7) is -1.52. The maximum atomic E-state index is 12.7. The lowest BCUT2D eigenvalue weighted by Gasteiger charge is -2.13. The van der Waals surface area contributed by atoms with E-state index in [2.05, 4.69) is 25.4 Å². The molecule has 0 fully saturated rings. The summed E-state index contributed by atoms with van der Waals surface area (Å²) < 4.78 is 69.3. The van der Waals surface area contributed by atoms with Crippen LogP contribution in [0, 0.1) is 0 Å². The summed E-state index contributed by atoms with van der Waals surface area (Å²) >= 11 is 3.13. The molecule has 0 radical (unpaired) electrons. The summed E-state index contributed by atoms with van der Waals surface area (Å²) in [6, 6.07) is 8.74. The normalized spacial score (nSPS) is 11.6. The highest BCUT2D eigenvalue weighted by Crippen LogP contribution is 2.24. The minimum atomic E-state index is -4.58. The van der Waals surface area contributed by atoms with Crippen LogP contribution < -0.4 is 10.0 Å². The molecule has 0 aromatic heterocycles. The fraction of sp³-hybridized carbons (Fsp3) is 0.176. The zero-order valence-electron chi connectivity index (χ0n) is 14.7. The quantitative estimate of drug-likeness (QED) is 0.599. The first-order valence-corrected chi connectivity index (χ1v) is 10.1. The van der Waals surface area contributed by atoms with Gasteiger partial charge in [-0.1, -0.05) is 22.0 Å². The third kappa shape index (κ3) is 6.19. The second-order valence-corrected chi connectivity index (χ2v) is 8.18. The molecule has 0 saturated carbocycles. The molecule has 0 heterocycles. The van der Waals surface area contributed by atoms with Crippen molar-refractivity contribution >= 4 is 43.5 Å². The molecule has 29 heavy (non-hydrogen) atoms. The number of nitrogens with one attached hydrogen (secondary N) is 2. The van der Waals surface area contributed by atoms with Crippen LogP contribution in [0.5, 0.6) is 0 Å². The standard InChI is InChI=1S/C17H14BrF3N2O5S/c1-28-16(25)13-8-11(18)5-6-14(13)29(26,27)23-12-4-2-3-10(7-12)15(24)22-9-17(19,20)21/h2-8,23H,9H2,1H3,(H,22,24). The molecule has 0 saturated heterocycles. The highest BCUT2D eigenvalue weighted by Gasteiger charge is 2.28. The average Bonchev–Trinajstić information content (AvgIpc) is 2.64. The van der Waals surface area contributed by atoms with Gasteiger partial charge in [-0.25, -0.2) is 13.2 Å². The van der Waals surface area contributed by atoms with Crippen molar-refractivity contribution in [1.82, 2.24) is 5.32 Å². The van der Waals surface area contributed by atoms with Crippen LogP contribution in [0.2, 0.25) is 0 Å². The smallest absolute Gasteiger partial charge is 0.405 e. The van der Waals surface area contributed by atoms with Gasteiger partial charge < -0.3 is 10.1 Å². The van der Waals surface area contributed by atoms with Crippen molar-refractivity contribution < 1.29 is 35.9 Å². The van der Waals surface area contributed by atoms with Crippen molar-refractivity contribution in [3.05, 3.63) is 58.1 Å². The van der Waals surface area contributed by atoms with E-state index in [-0.39, 0.29) is 21.7 Å². The van der Waals surface area contributed by atoms with Crippen LogP contribution >= 0.6 is 15.9 Å². The van der Waals surface area contributed by atoms with Crippen molar-refractivity contribution in [3.8, 4) is 0 Å². The predicted molar refractivity (Wildman–Crippen MR) is 101 cm³/mol. The van der Waals surface area contributed by atoms with Crippen LogP contribution in [0.4, 0.5) is 18.9 Å². The number of rotatable bonds is 6. The second-order valence-electron chi connectivity index (χ2n) is 5.62. The number of carbonyl (C=O) groups excluding carboxylic acids is 2. The highest BCUT2D eigenvalue weighted by molar-refractivity contribution is 9.10. The van der Waals surface area contributed by atoms with E-state index in [4.69, 9.17) is 0 Å². The summed E-state index contributed by atoms with van der Waals surface area (Å²) in [4.78, 5) is 23.4. The Balaban J connectivity index is 2.30. The Kier molecular flexibility index (Phi) is 6.90. The summed E-state index contributed by atoms with van der Waals surface area (Å²) in [5.41, 5.74) is -0.490. The van der Waals surface area contributed by atoms with E-state index in [0.717, 1.165) is 13.2 Å². The maximum Gasteiger partial charge on any atom is 0.405 e. The average molecular weight is 495 g/mol. The molecule has 2 N–H and O–H groups in total. The van der Waals surface area contributed by atoms with Crippen molar-refractivity contribution in [2.45, 2.75) is 11.1 Å². The first kappa shape index (κ1) is 22.7. The first-order chi connectivity index (χ1) is 13.4. The van der Waals surface area contributed by atoms with E-state index in [1.54, 1.807) is 5.32 Å². The molecule has 0 atom stereocenters. The van der Waals surface area contributed by atoms with Gasteiger partial charge in [-0.15, -0.1) is 0 Å². The third-order valence-electron chi connectivity index (χ3n) is 3.46. The Morgan fingerprint density at radius 3 is 2.45 bits per heavy atom. The third-order valence-corrected chi connectivity index (χ3v) is 5.40. The van der Waals surface area contributed by atoms with Gasteiger partial charge in [0.15, 0.2) is 0 Å².